The predicted octanol–water partition coefficient (Wildman–Crippen LogP) is 3.72. The largest absolute Gasteiger partial charge is 0.351 e. The third-order valence-corrected chi connectivity index (χ3v) is 5.42. The van der Waals surface area contributed by atoms with Gasteiger partial charge in [-0.2, -0.15) is 0 Å². The molecule has 3 rings (SSSR count). The molecule has 1 fully saturated rings. The number of nitrogens with one attached hydrogen (secondary N) is 1. The van der Waals surface area contributed by atoms with Crippen molar-refractivity contribution in [3.05, 3.63) is 63.4 Å². The van der Waals surface area contributed by atoms with Crippen molar-refractivity contribution in [2.24, 2.45) is 5.92 Å². The second kappa shape index (κ2) is 8.23. The van der Waals surface area contributed by atoms with E-state index in [2.05, 4.69) is 10.3 Å². The molecule has 28 heavy (non-hydrogen) atoms. The lowest BCUT2D eigenvalue weighted by Crippen LogP contribution is -2.28. The topological polar surface area (TPSA) is 76.1 Å². The Morgan fingerprint density at radius 2 is 1.86 bits per heavy atom. The van der Waals surface area contributed by atoms with Crippen molar-refractivity contribution in [3.63, 3.8) is 0 Å². The Labute approximate surface area is 169 Å². The SMILES string of the molecule is Cc1cc(C)c(C2C(=O)CC(CCNC(=O)c3cccc(Cl)n3)C2=O)c(C)c1. The summed E-state index contributed by atoms with van der Waals surface area (Å²) in [5.74, 6) is -1.48. The molecule has 2 aromatic rings. The van der Waals surface area contributed by atoms with Gasteiger partial charge in [-0.1, -0.05) is 35.4 Å². The number of carbonyl (C=O) groups is 3. The third kappa shape index (κ3) is 4.14. The number of carbonyl (C=O) groups excluding carboxylic acids is 3. The van der Waals surface area contributed by atoms with Gasteiger partial charge < -0.3 is 5.32 Å². The van der Waals surface area contributed by atoms with Crippen LogP contribution < -0.4 is 5.32 Å². The maximum absolute atomic E-state index is 12.9. The summed E-state index contributed by atoms with van der Waals surface area (Å²) in [6, 6.07) is 8.84. The molecule has 1 aromatic carbocycles. The molecular formula is C22H23ClN2O3. The lowest BCUT2D eigenvalue weighted by atomic mass is 9.86. The second-order valence-electron chi connectivity index (χ2n) is 7.41. The van der Waals surface area contributed by atoms with Crippen molar-refractivity contribution in [3.8, 4) is 0 Å². The number of aryl methyl sites for hydroxylation is 3. The van der Waals surface area contributed by atoms with Gasteiger partial charge in [-0.05, 0) is 56.0 Å². The predicted molar refractivity (Wildman–Crippen MR) is 108 cm³/mol. The summed E-state index contributed by atoms with van der Waals surface area (Å²) in [6.45, 7) is 6.19. The number of Topliss-reactive ketones (excluding diaryl/α,β-unsaturated/α-hetero) is 2. The van der Waals surface area contributed by atoms with Gasteiger partial charge in [0.15, 0.2) is 5.78 Å². The van der Waals surface area contributed by atoms with Gasteiger partial charge in [0.05, 0.1) is 0 Å². The van der Waals surface area contributed by atoms with Gasteiger partial charge in [-0.15, -0.1) is 0 Å². The normalized spacial score (nSPS) is 19.1. The van der Waals surface area contributed by atoms with Crippen molar-refractivity contribution < 1.29 is 14.4 Å². The molecule has 146 valence electrons. The molecule has 5 nitrogen and oxygen atoms in total. The second-order valence-corrected chi connectivity index (χ2v) is 7.79. The zero-order valence-corrected chi connectivity index (χ0v) is 17.0. The van der Waals surface area contributed by atoms with E-state index in [1.54, 1.807) is 18.2 Å². The Kier molecular flexibility index (Phi) is 5.94. The Bertz CT molecular complexity index is 932. The molecule has 0 spiro atoms. The number of hydrogen-bond acceptors (Lipinski definition) is 4. The van der Waals surface area contributed by atoms with Gasteiger partial charge in [0.1, 0.15) is 22.5 Å². The molecule has 1 heterocycles. The molecule has 1 aliphatic carbocycles. The summed E-state index contributed by atoms with van der Waals surface area (Å²) in [7, 11) is 0. The van der Waals surface area contributed by atoms with Gasteiger partial charge in [0.2, 0.25) is 0 Å². The zero-order valence-electron chi connectivity index (χ0n) is 16.2. The average molecular weight is 399 g/mol. The van der Waals surface area contributed by atoms with Crippen molar-refractivity contribution in [2.45, 2.75) is 39.5 Å². The number of amides is 1. The highest BCUT2D eigenvalue weighted by atomic mass is 35.5. The van der Waals surface area contributed by atoms with Gasteiger partial charge >= 0.3 is 0 Å². The van der Waals surface area contributed by atoms with Crippen LogP contribution in [0.4, 0.5) is 0 Å². The van der Waals surface area contributed by atoms with Crippen LogP contribution in [0.15, 0.2) is 30.3 Å². The van der Waals surface area contributed by atoms with E-state index in [9.17, 15) is 14.4 Å². The van der Waals surface area contributed by atoms with Gasteiger partial charge in [0, 0.05) is 18.9 Å². The highest BCUT2D eigenvalue weighted by molar-refractivity contribution is 6.29. The molecule has 1 N–H and O–H groups in total. The summed E-state index contributed by atoms with van der Waals surface area (Å²) in [6.07, 6.45) is 0.652. The molecule has 6 heteroatoms. The summed E-state index contributed by atoms with van der Waals surface area (Å²) in [5, 5.41) is 3.00. The molecule has 0 bridgehead atoms. The minimum atomic E-state index is -0.684. The van der Waals surface area contributed by atoms with Crippen molar-refractivity contribution >= 4 is 29.1 Å². The molecule has 0 aliphatic heterocycles. The zero-order chi connectivity index (χ0) is 20.4. The van der Waals surface area contributed by atoms with Crippen LogP contribution in [-0.2, 0) is 9.59 Å². The summed E-state index contributed by atoms with van der Waals surface area (Å²) in [5.41, 5.74) is 4.14. The number of ketones is 2. The van der Waals surface area contributed by atoms with Crippen LogP contribution in [0.3, 0.4) is 0 Å². The fourth-order valence-electron chi connectivity index (χ4n) is 4.03. The standard InChI is InChI=1S/C22H23ClN2O3/c1-12-9-13(2)19(14(3)10-12)20-17(26)11-15(21(20)27)7-8-24-22(28)16-5-4-6-18(23)25-16/h4-6,9-10,15,20H,7-8,11H2,1-3H3,(H,24,28). The highest BCUT2D eigenvalue weighted by Gasteiger charge is 2.42. The van der Waals surface area contributed by atoms with Crippen molar-refractivity contribution in [2.75, 3.05) is 6.54 Å². The lowest BCUT2D eigenvalue weighted by molar-refractivity contribution is -0.124. The summed E-state index contributed by atoms with van der Waals surface area (Å²) < 4.78 is 0. The van der Waals surface area contributed by atoms with Crippen LogP contribution in [0.5, 0.6) is 0 Å². The number of halogens is 1. The molecule has 1 aromatic heterocycles. The maximum atomic E-state index is 12.9. The smallest absolute Gasteiger partial charge is 0.269 e. The monoisotopic (exact) mass is 398 g/mol. The molecule has 0 saturated heterocycles. The Hall–Kier alpha value is -2.53. The molecule has 2 atom stereocenters. The number of nitrogens with zero attached hydrogens (tertiary/aromatic N) is 1. The van der Waals surface area contributed by atoms with Gasteiger partial charge in [-0.3, -0.25) is 14.4 Å². The van der Waals surface area contributed by atoms with E-state index in [4.69, 9.17) is 11.6 Å². The maximum Gasteiger partial charge on any atom is 0.269 e. The first kappa shape index (κ1) is 20.2. The fraction of sp³-hybridized carbons (Fsp3) is 0.364. The lowest BCUT2D eigenvalue weighted by Gasteiger charge is -2.16. The minimum absolute atomic E-state index is 0.0344. The fourth-order valence-corrected chi connectivity index (χ4v) is 4.20. The third-order valence-electron chi connectivity index (χ3n) is 5.21. The molecule has 0 radical (unpaired) electrons. The first-order valence-corrected chi connectivity index (χ1v) is 9.70. The summed E-state index contributed by atoms with van der Waals surface area (Å²) >= 11 is 5.80. The van der Waals surface area contributed by atoms with Crippen LogP contribution in [0, 0.1) is 26.7 Å². The quantitative estimate of drug-likeness (QED) is 0.615. The van der Waals surface area contributed by atoms with E-state index >= 15 is 0 Å². The highest BCUT2D eigenvalue weighted by Crippen LogP contribution is 2.37. The van der Waals surface area contributed by atoms with E-state index in [0.29, 0.717) is 13.0 Å². The summed E-state index contributed by atoms with van der Waals surface area (Å²) in [4.78, 5) is 41.6. The van der Waals surface area contributed by atoms with Crippen molar-refractivity contribution in [1.29, 1.82) is 0 Å². The van der Waals surface area contributed by atoms with Crippen molar-refractivity contribution in [1.82, 2.24) is 10.3 Å². The van der Waals surface area contributed by atoms with Gasteiger partial charge in [-0.25, -0.2) is 4.98 Å². The Morgan fingerprint density at radius 1 is 1.18 bits per heavy atom. The minimum Gasteiger partial charge on any atom is -0.351 e. The van der Waals surface area contributed by atoms with E-state index in [0.717, 1.165) is 22.3 Å². The van der Waals surface area contributed by atoms with E-state index in [1.807, 2.05) is 32.9 Å². The number of rotatable bonds is 5. The number of aromatic nitrogens is 1. The number of pyridine rings is 1. The molecule has 2 unspecified atom stereocenters. The van der Waals surface area contributed by atoms with E-state index < -0.39 is 5.92 Å². The molecular weight excluding hydrogens is 376 g/mol. The van der Waals surface area contributed by atoms with Crippen LogP contribution in [0.25, 0.3) is 0 Å². The Morgan fingerprint density at radius 3 is 2.50 bits per heavy atom. The first-order valence-electron chi connectivity index (χ1n) is 9.33. The average Bonchev–Trinajstić information content (AvgIpc) is 2.89. The van der Waals surface area contributed by atoms with E-state index in [1.165, 1.54) is 0 Å². The first-order chi connectivity index (χ1) is 13.3. The van der Waals surface area contributed by atoms with Crippen LogP contribution >= 0.6 is 11.6 Å². The van der Waals surface area contributed by atoms with Crippen LogP contribution in [0.1, 0.15) is 51.5 Å². The van der Waals surface area contributed by atoms with E-state index in [-0.39, 0.29) is 40.7 Å². The molecule has 1 saturated carbocycles. The number of benzene rings is 1. The Balaban J connectivity index is 1.65. The number of hydrogen-bond donors (Lipinski definition) is 1. The molecule has 1 amide bonds. The van der Waals surface area contributed by atoms with Crippen LogP contribution in [-0.4, -0.2) is 29.0 Å². The molecule has 1 aliphatic rings. The van der Waals surface area contributed by atoms with Gasteiger partial charge in [0.25, 0.3) is 5.91 Å². The van der Waals surface area contributed by atoms with Crippen LogP contribution in [0.2, 0.25) is 5.15 Å².